The van der Waals surface area contributed by atoms with E-state index < -0.39 is 5.97 Å². The van der Waals surface area contributed by atoms with Crippen molar-refractivity contribution in [2.45, 2.75) is 6.92 Å². The van der Waals surface area contributed by atoms with Crippen molar-refractivity contribution in [1.29, 1.82) is 0 Å². The summed E-state index contributed by atoms with van der Waals surface area (Å²) in [6, 6.07) is 19.8. The van der Waals surface area contributed by atoms with E-state index in [1.165, 1.54) is 4.90 Å². The predicted molar refractivity (Wildman–Crippen MR) is 151 cm³/mol. The summed E-state index contributed by atoms with van der Waals surface area (Å²) in [5, 5.41) is 6.62. The number of halogens is 1. The van der Waals surface area contributed by atoms with E-state index in [4.69, 9.17) is 16.3 Å². The van der Waals surface area contributed by atoms with Crippen LogP contribution in [0.1, 0.15) is 28.4 Å². The Balaban J connectivity index is 1.74. The minimum Gasteiger partial charge on any atom is -0.462 e. The molecule has 1 aliphatic rings. The molecule has 2 N–H and O–H groups in total. The van der Waals surface area contributed by atoms with Crippen LogP contribution in [0.25, 0.3) is 11.3 Å². The van der Waals surface area contributed by atoms with Crippen LogP contribution in [0, 0.1) is 0 Å². The molecule has 1 aliphatic heterocycles. The first-order valence-electron chi connectivity index (χ1n) is 12.1. The van der Waals surface area contributed by atoms with E-state index in [-0.39, 0.29) is 25.0 Å². The number of fused-ring (bicyclic) bond motifs is 1. The van der Waals surface area contributed by atoms with Gasteiger partial charge in [0.1, 0.15) is 0 Å². The zero-order valence-electron chi connectivity index (χ0n) is 21.7. The molecule has 0 aromatic heterocycles. The van der Waals surface area contributed by atoms with Crippen molar-refractivity contribution in [3.63, 3.8) is 0 Å². The molecule has 0 radical (unpaired) electrons. The largest absolute Gasteiger partial charge is 0.462 e. The maximum absolute atomic E-state index is 13.2. The lowest BCUT2D eigenvalue weighted by Crippen LogP contribution is -2.35. The minimum atomic E-state index is -0.452. The molecule has 3 aromatic rings. The van der Waals surface area contributed by atoms with E-state index in [1.54, 1.807) is 49.2 Å². The molecule has 4 rings (SSSR count). The molecule has 0 spiro atoms. The third-order valence-corrected chi connectivity index (χ3v) is 6.29. The van der Waals surface area contributed by atoms with Gasteiger partial charge < -0.3 is 25.2 Å². The molecule has 0 fully saturated rings. The van der Waals surface area contributed by atoms with Crippen LogP contribution in [0.15, 0.2) is 66.7 Å². The third kappa shape index (κ3) is 5.72. The quantitative estimate of drug-likeness (QED) is 0.314. The van der Waals surface area contributed by atoms with E-state index in [0.717, 1.165) is 5.56 Å². The van der Waals surface area contributed by atoms with Crippen molar-refractivity contribution in [2.24, 2.45) is 0 Å². The summed E-state index contributed by atoms with van der Waals surface area (Å²) in [7, 11) is 5.34. The number of amides is 2. The number of carbonyl (C=O) groups excluding carboxylic acids is 3. The second-order valence-corrected chi connectivity index (χ2v) is 9.44. The van der Waals surface area contributed by atoms with Crippen LogP contribution < -0.4 is 15.5 Å². The van der Waals surface area contributed by atoms with Gasteiger partial charge in [-0.05, 0) is 56.9 Å². The SMILES string of the molecule is CCOC(=O)c1ccc2c(c1)NC(=O)/C2=C(/Nc1ccc(N(C)C(=O)CN(C)C)c(Cl)c1)c1ccccc1. The van der Waals surface area contributed by atoms with Crippen molar-refractivity contribution in [3.05, 3.63) is 88.4 Å². The van der Waals surface area contributed by atoms with Gasteiger partial charge in [-0.3, -0.25) is 9.59 Å². The fourth-order valence-corrected chi connectivity index (χ4v) is 4.47. The number of nitrogens with one attached hydrogen (secondary N) is 2. The number of carbonyl (C=O) groups is 3. The van der Waals surface area contributed by atoms with Crippen LogP contribution in [0.5, 0.6) is 0 Å². The molecular weight excluding hydrogens is 504 g/mol. The maximum atomic E-state index is 13.2. The molecule has 38 heavy (non-hydrogen) atoms. The summed E-state index contributed by atoms with van der Waals surface area (Å²) < 4.78 is 5.09. The number of rotatable bonds is 8. The van der Waals surface area contributed by atoms with Crippen LogP contribution in [0.3, 0.4) is 0 Å². The number of likely N-dealkylation sites (N-methyl/N-ethyl adjacent to an activating group) is 2. The van der Waals surface area contributed by atoms with Gasteiger partial charge >= 0.3 is 5.97 Å². The lowest BCUT2D eigenvalue weighted by molar-refractivity contribution is -0.119. The average molecular weight is 533 g/mol. The first kappa shape index (κ1) is 26.9. The Morgan fingerprint density at radius 1 is 0.974 bits per heavy atom. The summed E-state index contributed by atoms with van der Waals surface area (Å²) in [5.74, 6) is -0.845. The van der Waals surface area contributed by atoms with Crippen molar-refractivity contribution < 1.29 is 19.1 Å². The standard InChI is InChI=1S/C29H29ClN4O4/c1-5-38-29(37)19-11-13-21-23(15-19)32-28(36)26(21)27(18-9-7-6-8-10-18)31-20-12-14-24(22(30)16-20)34(4)25(35)17-33(2)3/h6-16,31H,5,17H2,1-4H3,(H,32,36)/b27-26+. The summed E-state index contributed by atoms with van der Waals surface area (Å²) in [6.07, 6.45) is 0. The number of hydrogen-bond acceptors (Lipinski definition) is 6. The molecule has 3 aromatic carbocycles. The van der Waals surface area contributed by atoms with Crippen LogP contribution in [-0.2, 0) is 14.3 Å². The zero-order valence-corrected chi connectivity index (χ0v) is 22.4. The number of benzene rings is 3. The first-order chi connectivity index (χ1) is 18.2. The molecule has 0 bridgehead atoms. The van der Waals surface area contributed by atoms with E-state index in [1.807, 2.05) is 50.5 Å². The Morgan fingerprint density at radius 2 is 1.71 bits per heavy atom. The van der Waals surface area contributed by atoms with Gasteiger partial charge in [0.25, 0.3) is 5.91 Å². The van der Waals surface area contributed by atoms with Gasteiger partial charge in [-0.25, -0.2) is 4.79 Å². The Hall–Kier alpha value is -4.14. The highest BCUT2D eigenvalue weighted by atomic mass is 35.5. The fraction of sp³-hybridized carbons (Fsp3) is 0.207. The Bertz CT molecular complexity index is 1420. The monoisotopic (exact) mass is 532 g/mol. The molecular formula is C29H29ClN4O4. The molecule has 8 nitrogen and oxygen atoms in total. The predicted octanol–water partition coefficient (Wildman–Crippen LogP) is 4.97. The summed E-state index contributed by atoms with van der Waals surface area (Å²) in [6.45, 7) is 2.25. The molecule has 0 saturated carbocycles. The molecule has 9 heteroatoms. The molecule has 0 unspecified atom stereocenters. The van der Waals surface area contributed by atoms with Gasteiger partial charge in [-0.15, -0.1) is 0 Å². The van der Waals surface area contributed by atoms with Gasteiger partial charge in [-0.2, -0.15) is 0 Å². The number of anilines is 3. The van der Waals surface area contributed by atoms with E-state index in [2.05, 4.69) is 10.6 Å². The Kier molecular flexibility index (Phi) is 8.14. The van der Waals surface area contributed by atoms with Crippen molar-refractivity contribution in [3.8, 4) is 0 Å². The molecule has 0 aliphatic carbocycles. The topological polar surface area (TPSA) is 91.0 Å². The first-order valence-corrected chi connectivity index (χ1v) is 12.5. The lowest BCUT2D eigenvalue weighted by atomic mass is 9.99. The summed E-state index contributed by atoms with van der Waals surface area (Å²) >= 11 is 6.59. The van der Waals surface area contributed by atoms with E-state index in [0.29, 0.717) is 44.5 Å². The minimum absolute atomic E-state index is 0.0916. The Labute approximate surface area is 226 Å². The van der Waals surface area contributed by atoms with E-state index in [9.17, 15) is 14.4 Å². The molecule has 1 heterocycles. The highest BCUT2D eigenvalue weighted by molar-refractivity contribution is 6.38. The molecule has 0 saturated heterocycles. The average Bonchev–Trinajstić information content (AvgIpc) is 3.21. The number of hydrogen-bond donors (Lipinski definition) is 2. The Morgan fingerprint density at radius 3 is 2.37 bits per heavy atom. The number of nitrogens with zero attached hydrogens (tertiary/aromatic N) is 2. The third-order valence-electron chi connectivity index (χ3n) is 5.99. The van der Waals surface area contributed by atoms with Gasteiger partial charge in [0, 0.05) is 18.3 Å². The number of ether oxygens (including phenoxy) is 1. The molecule has 196 valence electrons. The normalized spacial score (nSPS) is 13.6. The highest BCUT2D eigenvalue weighted by Gasteiger charge is 2.29. The van der Waals surface area contributed by atoms with Gasteiger partial charge in [-0.1, -0.05) is 48.0 Å². The maximum Gasteiger partial charge on any atom is 0.338 e. The highest BCUT2D eigenvalue weighted by Crippen LogP contribution is 2.39. The van der Waals surface area contributed by atoms with Gasteiger partial charge in [0.05, 0.1) is 46.4 Å². The van der Waals surface area contributed by atoms with Crippen LogP contribution in [-0.4, -0.2) is 57.0 Å². The summed E-state index contributed by atoms with van der Waals surface area (Å²) in [5.41, 5.74) is 4.56. The molecule has 0 atom stereocenters. The van der Waals surface area contributed by atoms with Crippen LogP contribution >= 0.6 is 11.6 Å². The number of esters is 1. The zero-order chi connectivity index (χ0) is 27.4. The fourth-order valence-electron chi connectivity index (χ4n) is 4.16. The summed E-state index contributed by atoms with van der Waals surface area (Å²) in [4.78, 5) is 41.2. The second kappa shape index (κ2) is 11.5. The van der Waals surface area contributed by atoms with Crippen LogP contribution in [0.2, 0.25) is 5.02 Å². The van der Waals surface area contributed by atoms with Gasteiger partial charge in [0.2, 0.25) is 5.91 Å². The second-order valence-electron chi connectivity index (χ2n) is 9.03. The lowest BCUT2D eigenvalue weighted by Gasteiger charge is -2.22. The van der Waals surface area contributed by atoms with Crippen molar-refractivity contribution in [1.82, 2.24) is 4.90 Å². The van der Waals surface area contributed by atoms with Crippen molar-refractivity contribution in [2.75, 3.05) is 49.8 Å². The molecule has 2 amide bonds. The van der Waals surface area contributed by atoms with Gasteiger partial charge in [0.15, 0.2) is 0 Å². The van der Waals surface area contributed by atoms with Crippen molar-refractivity contribution >= 4 is 57.7 Å². The smallest absolute Gasteiger partial charge is 0.338 e. The van der Waals surface area contributed by atoms with E-state index >= 15 is 0 Å². The van der Waals surface area contributed by atoms with Crippen LogP contribution in [0.4, 0.5) is 17.1 Å².